The minimum atomic E-state index is -0.232. The number of ether oxygens (including phenoxy) is 1. The van der Waals surface area contributed by atoms with Crippen molar-refractivity contribution in [2.24, 2.45) is 46.3 Å². The van der Waals surface area contributed by atoms with Crippen molar-refractivity contribution in [3.8, 4) is 0 Å². The molecule has 0 spiro atoms. The quantitative estimate of drug-likeness (QED) is 0.622. The number of esters is 1. The number of fused-ring (bicyclic) bond motifs is 5. The predicted octanol–water partition coefficient (Wildman–Crippen LogP) is 4.98. The minimum Gasteiger partial charge on any atom is -0.469 e. The van der Waals surface area contributed by atoms with Gasteiger partial charge in [-0.2, -0.15) is 0 Å². The Morgan fingerprint density at radius 3 is 2.59 bits per heavy atom. The van der Waals surface area contributed by atoms with Crippen molar-refractivity contribution >= 4 is 17.5 Å². The number of carbonyl (C=O) groups excluding carboxylic acids is 3. The average Bonchev–Trinajstić information content (AvgIpc) is 3.06. The van der Waals surface area contributed by atoms with Gasteiger partial charge in [-0.05, 0) is 79.4 Å². The first-order valence-electron chi connectivity index (χ1n) is 11.8. The zero-order valence-corrected chi connectivity index (χ0v) is 18.7. The van der Waals surface area contributed by atoms with Gasteiger partial charge in [0.25, 0.3) is 0 Å². The van der Waals surface area contributed by atoms with E-state index in [2.05, 4.69) is 20.8 Å². The maximum Gasteiger partial charge on any atom is 0.305 e. The van der Waals surface area contributed by atoms with Crippen molar-refractivity contribution in [3.63, 3.8) is 0 Å². The van der Waals surface area contributed by atoms with Crippen LogP contribution < -0.4 is 0 Å². The number of hydrogen-bond donors (Lipinski definition) is 0. The Balaban J connectivity index is 1.55. The van der Waals surface area contributed by atoms with Gasteiger partial charge < -0.3 is 4.74 Å². The Kier molecular flexibility index (Phi) is 5.44. The summed E-state index contributed by atoms with van der Waals surface area (Å²) in [5.74, 6) is 3.55. The van der Waals surface area contributed by atoms with Crippen molar-refractivity contribution in [1.29, 1.82) is 0 Å². The molecule has 162 valence electrons. The second kappa shape index (κ2) is 7.50. The Bertz CT molecular complexity index is 699. The number of methoxy groups -OCH3 is 1. The van der Waals surface area contributed by atoms with E-state index in [4.69, 9.17) is 4.74 Å². The van der Waals surface area contributed by atoms with Crippen molar-refractivity contribution < 1.29 is 19.1 Å². The molecular formula is C25H38O4. The highest BCUT2D eigenvalue weighted by Crippen LogP contribution is 2.67. The Morgan fingerprint density at radius 1 is 1.10 bits per heavy atom. The van der Waals surface area contributed by atoms with Gasteiger partial charge in [-0.15, -0.1) is 0 Å². The number of Topliss-reactive ketones (excluding diaryl/α,β-unsaturated/α-hetero) is 2. The zero-order chi connectivity index (χ0) is 21.0. The predicted molar refractivity (Wildman–Crippen MR) is 111 cm³/mol. The molecule has 4 rings (SSSR count). The molecule has 0 aromatic carbocycles. The minimum absolute atomic E-state index is 0.148. The van der Waals surface area contributed by atoms with Gasteiger partial charge in [-0.1, -0.05) is 20.8 Å². The molecule has 4 saturated carbocycles. The molecule has 0 N–H and O–H groups in total. The average molecular weight is 403 g/mol. The second-order valence-corrected chi connectivity index (χ2v) is 11.1. The number of hydrogen-bond acceptors (Lipinski definition) is 4. The van der Waals surface area contributed by atoms with Crippen LogP contribution in [-0.4, -0.2) is 24.6 Å². The van der Waals surface area contributed by atoms with Crippen molar-refractivity contribution in [2.75, 3.05) is 7.11 Å². The Labute approximate surface area is 175 Å². The summed E-state index contributed by atoms with van der Waals surface area (Å²) in [4.78, 5) is 37.4. The molecule has 4 fully saturated rings. The van der Waals surface area contributed by atoms with Crippen LogP contribution in [0, 0.1) is 46.3 Å². The SMILES string of the molecule is COC(=O)CC[C@@H](C)[C@@H]1CC[C@@H]2[C@H]3CC[C@H]4CC(=O)CC[C@]4(C)[C@@H]3CC(=O)[C@@]21C. The summed E-state index contributed by atoms with van der Waals surface area (Å²) in [7, 11) is 1.44. The van der Waals surface area contributed by atoms with Crippen LogP contribution in [0.2, 0.25) is 0 Å². The monoisotopic (exact) mass is 402 g/mol. The van der Waals surface area contributed by atoms with Crippen LogP contribution in [0.15, 0.2) is 0 Å². The molecule has 0 aliphatic heterocycles. The van der Waals surface area contributed by atoms with Gasteiger partial charge in [0.15, 0.2) is 0 Å². The van der Waals surface area contributed by atoms with E-state index >= 15 is 0 Å². The third kappa shape index (κ3) is 3.20. The maximum atomic E-state index is 13.7. The van der Waals surface area contributed by atoms with E-state index in [1.807, 2.05) is 0 Å². The Hall–Kier alpha value is -1.19. The summed E-state index contributed by atoms with van der Waals surface area (Å²) in [5.41, 5.74) is -0.0627. The topological polar surface area (TPSA) is 60.4 Å². The fourth-order valence-electron chi connectivity index (χ4n) is 8.34. The largest absolute Gasteiger partial charge is 0.469 e. The Morgan fingerprint density at radius 2 is 1.86 bits per heavy atom. The van der Waals surface area contributed by atoms with Crippen LogP contribution in [0.5, 0.6) is 0 Å². The highest BCUT2D eigenvalue weighted by atomic mass is 16.5. The summed E-state index contributed by atoms with van der Waals surface area (Å²) < 4.78 is 4.83. The van der Waals surface area contributed by atoms with Gasteiger partial charge in [-0.3, -0.25) is 14.4 Å². The van der Waals surface area contributed by atoms with E-state index in [1.165, 1.54) is 13.5 Å². The molecule has 8 atom stereocenters. The number of carbonyl (C=O) groups is 3. The van der Waals surface area contributed by atoms with Crippen molar-refractivity contribution in [3.05, 3.63) is 0 Å². The lowest BCUT2D eigenvalue weighted by Crippen LogP contribution is -2.57. The van der Waals surface area contributed by atoms with Crippen LogP contribution in [0.1, 0.15) is 85.0 Å². The summed E-state index contributed by atoms with van der Waals surface area (Å²) >= 11 is 0. The molecule has 4 nitrogen and oxygen atoms in total. The maximum absolute atomic E-state index is 13.7. The third-order valence-corrected chi connectivity index (χ3v) is 10.1. The van der Waals surface area contributed by atoms with Crippen LogP contribution in [-0.2, 0) is 19.1 Å². The van der Waals surface area contributed by atoms with E-state index in [-0.39, 0.29) is 16.8 Å². The highest BCUT2D eigenvalue weighted by Gasteiger charge is 2.63. The molecule has 0 bridgehead atoms. The van der Waals surface area contributed by atoms with Crippen LogP contribution in [0.4, 0.5) is 0 Å². The van der Waals surface area contributed by atoms with Gasteiger partial charge >= 0.3 is 5.97 Å². The molecule has 4 heteroatoms. The van der Waals surface area contributed by atoms with Crippen LogP contribution >= 0.6 is 0 Å². The standard InChI is InChI=1S/C25H38O4/c1-15(5-10-23(28)29-4)19-8-9-20-18-7-6-16-13-17(26)11-12-24(16,2)21(18)14-22(27)25(19,20)3/h15-16,18-21H,5-14H2,1-4H3/t15-,16+,18-,19+,20-,21-,24+,25-/m1/s1. The highest BCUT2D eigenvalue weighted by molar-refractivity contribution is 5.87. The normalized spacial score (nSPS) is 45.2. The smallest absolute Gasteiger partial charge is 0.305 e. The lowest BCUT2D eigenvalue weighted by molar-refractivity contribution is -0.159. The van der Waals surface area contributed by atoms with E-state index in [0.717, 1.165) is 38.5 Å². The van der Waals surface area contributed by atoms with Crippen LogP contribution in [0.25, 0.3) is 0 Å². The van der Waals surface area contributed by atoms with Gasteiger partial charge in [0, 0.05) is 31.1 Å². The molecule has 0 aromatic heterocycles. The molecule has 4 aliphatic carbocycles. The van der Waals surface area contributed by atoms with E-state index in [9.17, 15) is 14.4 Å². The summed E-state index contributed by atoms with van der Waals surface area (Å²) in [5, 5.41) is 0. The molecule has 29 heavy (non-hydrogen) atoms. The summed E-state index contributed by atoms with van der Waals surface area (Å²) in [6.45, 7) is 6.87. The second-order valence-electron chi connectivity index (χ2n) is 11.1. The van der Waals surface area contributed by atoms with Gasteiger partial charge in [0.2, 0.25) is 0 Å². The molecule has 0 heterocycles. The molecule has 0 amide bonds. The van der Waals surface area contributed by atoms with Gasteiger partial charge in [0.1, 0.15) is 11.6 Å². The first-order chi connectivity index (χ1) is 13.7. The lowest BCUT2D eigenvalue weighted by atomic mass is 9.44. The first kappa shape index (κ1) is 21.1. The molecule has 0 aromatic rings. The van der Waals surface area contributed by atoms with E-state index in [1.54, 1.807) is 0 Å². The molecule has 4 aliphatic rings. The van der Waals surface area contributed by atoms with Crippen molar-refractivity contribution in [1.82, 2.24) is 0 Å². The third-order valence-electron chi connectivity index (χ3n) is 10.1. The van der Waals surface area contributed by atoms with Crippen LogP contribution in [0.3, 0.4) is 0 Å². The molecule has 0 saturated heterocycles. The summed E-state index contributed by atoms with van der Waals surface area (Å²) in [6, 6.07) is 0. The zero-order valence-electron chi connectivity index (χ0n) is 18.7. The lowest BCUT2D eigenvalue weighted by Gasteiger charge is -2.59. The molecule has 0 radical (unpaired) electrons. The van der Waals surface area contributed by atoms with E-state index < -0.39 is 0 Å². The van der Waals surface area contributed by atoms with Crippen molar-refractivity contribution in [2.45, 2.75) is 85.0 Å². The molecular weight excluding hydrogens is 364 g/mol. The first-order valence-corrected chi connectivity index (χ1v) is 11.8. The van der Waals surface area contributed by atoms with Gasteiger partial charge in [0.05, 0.1) is 7.11 Å². The number of rotatable bonds is 4. The fraction of sp³-hybridized carbons (Fsp3) is 0.880. The fourth-order valence-corrected chi connectivity index (χ4v) is 8.34. The number of ketones is 2. The van der Waals surface area contributed by atoms with Gasteiger partial charge in [-0.25, -0.2) is 0 Å². The summed E-state index contributed by atoms with van der Waals surface area (Å²) in [6.07, 6.45) is 9.00. The van der Waals surface area contributed by atoms with E-state index in [0.29, 0.717) is 66.3 Å². The molecule has 0 unspecified atom stereocenters.